The van der Waals surface area contributed by atoms with Crippen molar-refractivity contribution >= 4 is 65.3 Å². The molecule has 46 heavy (non-hydrogen) atoms. The molecule has 0 fully saturated rings. The van der Waals surface area contributed by atoms with E-state index in [1.54, 1.807) is 0 Å². The lowest BCUT2D eigenvalue weighted by atomic mass is 9.89. The normalized spacial score (nSPS) is 11.9. The monoisotopic (exact) mass is 585 g/mol. The van der Waals surface area contributed by atoms with E-state index in [0.717, 1.165) is 21.9 Å². The van der Waals surface area contributed by atoms with E-state index in [1.165, 1.54) is 71.3 Å². The molecule has 8 aromatic carbocycles. The van der Waals surface area contributed by atoms with Gasteiger partial charge in [-0.05, 0) is 63.4 Å². The Labute approximate surface area is 265 Å². The molecule has 0 unspecified atom stereocenters. The molecule has 0 saturated heterocycles. The van der Waals surface area contributed by atoms with Gasteiger partial charge in [-0.15, -0.1) is 0 Å². The van der Waals surface area contributed by atoms with Crippen molar-refractivity contribution in [3.05, 3.63) is 164 Å². The van der Waals surface area contributed by atoms with E-state index in [-0.39, 0.29) is 0 Å². The van der Waals surface area contributed by atoms with Crippen LogP contribution in [0.1, 0.15) is 0 Å². The van der Waals surface area contributed by atoms with Crippen molar-refractivity contribution in [3.63, 3.8) is 0 Å². The number of hydrogen-bond acceptors (Lipinski definition) is 1. The van der Waals surface area contributed by atoms with E-state index < -0.39 is 0 Å². The quantitative estimate of drug-likeness (QED) is 0.189. The third-order valence-electron chi connectivity index (χ3n) is 9.56. The van der Waals surface area contributed by atoms with Gasteiger partial charge in [0.05, 0.1) is 16.7 Å². The molecule has 2 heteroatoms. The van der Waals surface area contributed by atoms with Gasteiger partial charge < -0.3 is 8.98 Å². The highest BCUT2D eigenvalue weighted by Crippen LogP contribution is 2.45. The fourth-order valence-corrected chi connectivity index (χ4v) is 7.57. The molecule has 2 aromatic heterocycles. The Balaban J connectivity index is 1.35. The lowest BCUT2D eigenvalue weighted by molar-refractivity contribution is 0.669. The second-order valence-electron chi connectivity index (χ2n) is 12.1. The molecular formula is C44H27NO. The number of aromatic nitrogens is 1. The first-order valence-electron chi connectivity index (χ1n) is 15.8. The van der Waals surface area contributed by atoms with Gasteiger partial charge in [0.2, 0.25) is 0 Å². The summed E-state index contributed by atoms with van der Waals surface area (Å²) in [5, 5.41) is 9.60. The highest BCUT2D eigenvalue weighted by molar-refractivity contribution is 6.22. The Morgan fingerprint density at radius 3 is 1.67 bits per heavy atom. The molecule has 0 aliphatic heterocycles. The molecule has 0 aliphatic rings. The average molecular weight is 586 g/mol. The molecule has 0 radical (unpaired) electrons. The van der Waals surface area contributed by atoms with Crippen LogP contribution in [-0.2, 0) is 0 Å². The zero-order valence-corrected chi connectivity index (χ0v) is 24.9. The predicted octanol–water partition coefficient (Wildman–Crippen LogP) is 12.3. The first-order chi connectivity index (χ1) is 22.8. The minimum absolute atomic E-state index is 0.916. The predicted molar refractivity (Wildman–Crippen MR) is 194 cm³/mol. The maximum Gasteiger partial charge on any atom is 0.136 e. The fourth-order valence-electron chi connectivity index (χ4n) is 7.57. The van der Waals surface area contributed by atoms with Crippen LogP contribution in [0.5, 0.6) is 0 Å². The Morgan fingerprint density at radius 2 is 0.913 bits per heavy atom. The van der Waals surface area contributed by atoms with Gasteiger partial charge in [0.1, 0.15) is 11.2 Å². The van der Waals surface area contributed by atoms with Crippen molar-refractivity contribution in [3.8, 4) is 27.9 Å². The van der Waals surface area contributed by atoms with Crippen LogP contribution in [0.4, 0.5) is 0 Å². The van der Waals surface area contributed by atoms with E-state index in [9.17, 15) is 0 Å². The summed E-state index contributed by atoms with van der Waals surface area (Å²) in [6.07, 6.45) is 0. The van der Waals surface area contributed by atoms with E-state index >= 15 is 0 Å². The van der Waals surface area contributed by atoms with Gasteiger partial charge in [-0.25, -0.2) is 0 Å². The maximum absolute atomic E-state index is 6.36. The van der Waals surface area contributed by atoms with Gasteiger partial charge in [0.25, 0.3) is 0 Å². The second kappa shape index (κ2) is 9.69. The lowest BCUT2D eigenvalue weighted by Crippen LogP contribution is -1.99. The summed E-state index contributed by atoms with van der Waals surface area (Å²) in [7, 11) is 0. The molecule has 10 aromatic rings. The average Bonchev–Trinajstić information content (AvgIpc) is 3.64. The van der Waals surface area contributed by atoms with Crippen LogP contribution >= 0.6 is 0 Å². The number of hydrogen-bond donors (Lipinski definition) is 0. The maximum atomic E-state index is 6.36. The minimum Gasteiger partial charge on any atom is -0.456 e. The number of fused-ring (bicyclic) bond motifs is 8. The molecule has 214 valence electrons. The number of benzene rings is 8. The summed E-state index contributed by atoms with van der Waals surface area (Å²) in [4.78, 5) is 0. The molecule has 0 aliphatic carbocycles. The van der Waals surface area contributed by atoms with Crippen molar-refractivity contribution in [2.24, 2.45) is 0 Å². The molecular weight excluding hydrogens is 558 g/mol. The molecule has 0 saturated carbocycles. The molecule has 0 amide bonds. The van der Waals surface area contributed by atoms with Crippen molar-refractivity contribution in [1.29, 1.82) is 0 Å². The Bertz CT molecular complexity index is 2740. The van der Waals surface area contributed by atoms with Crippen molar-refractivity contribution < 1.29 is 4.42 Å². The first-order valence-corrected chi connectivity index (χ1v) is 15.8. The molecule has 0 atom stereocenters. The van der Waals surface area contributed by atoms with E-state index in [4.69, 9.17) is 4.42 Å². The highest BCUT2D eigenvalue weighted by Gasteiger charge is 2.21. The zero-order chi connectivity index (χ0) is 30.2. The zero-order valence-electron chi connectivity index (χ0n) is 24.9. The molecule has 10 rings (SSSR count). The fraction of sp³-hybridized carbons (Fsp3) is 0. The van der Waals surface area contributed by atoms with Crippen molar-refractivity contribution in [1.82, 2.24) is 4.57 Å². The topological polar surface area (TPSA) is 18.1 Å². The van der Waals surface area contributed by atoms with Crippen LogP contribution in [-0.4, -0.2) is 4.57 Å². The molecule has 0 spiro atoms. The largest absolute Gasteiger partial charge is 0.456 e. The first kappa shape index (κ1) is 25.2. The molecule has 2 nitrogen and oxygen atoms in total. The SMILES string of the molecule is c1ccc(-c2cccc(-c3c4ccccc4c(-n4c5ccccc5c5cc6oc7ccccc7c6cc54)c4ccccc34)c2)cc1. The Kier molecular flexibility index (Phi) is 5.31. The summed E-state index contributed by atoms with van der Waals surface area (Å²) in [5.41, 5.74) is 10.3. The van der Waals surface area contributed by atoms with Crippen LogP contribution in [0.2, 0.25) is 0 Å². The van der Waals surface area contributed by atoms with E-state index in [2.05, 4.69) is 162 Å². The van der Waals surface area contributed by atoms with Gasteiger partial charge in [0, 0.05) is 32.3 Å². The lowest BCUT2D eigenvalue weighted by Gasteiger charge is -2.20. The van der Waals surface area contributed by atoms with Crippen molar-refractivity contribution in [2.45, 2.75) is 0 Å². The van der Waals surface area contributed by atoms with Gasteiger partial charge in [-0.1, -0.05) is 133 Å². The van der Waals surface area contributed by atoms with E-state index in [0.29, 0.717) is 0 Å². The second-order valence-corrected chi connectivity index (χ2v) is 12.1. The number of furan rings is 1. The smallest absolute Gasteiger partial charge is 0.136 e. The Morgan fingerprint density at radius 1 is 0.326 bits per heavy atom. The Hall–Kier alpha value is -6.12. The standard InChI is InChI=1S/C44H27NO/c1-2-13-28(14-3-1)29-15-12-16-30(25-29)43-33-19-4-6-21-35(33)44(36-22-7-5-20-34(36)43)45-39-23-10-8-17-31(39)37-27-42-38(26-40(37)45)32-18-9-11-24-41(32)46-42/h1-27H. The van der Waals surface area contributed by atoms with Crippen LogP contribution < -0.4 is 0 Å². The van der Waals surface area contributed by atoms with Gasteiger partial charge >= 0.3 is 0 Å². The van der Waals surface area contributed by atoms with Crippen LogP contribution in [0.15, 0.2) is 168 Å². The summed E-state index contributed by atoms with van der Waals surface area (Å²) in [6.45, 7) is 0. The summed E-state index contributed by atoms with van der Waals surface area (Å²) in [6, 6.07) is 59.1. The van der Waals surface area contributed by atoms with E-state index in [1.807, 2.05) is 6.07 Å². The summed E-state index contributed by atoms with van der Waals surface area (Å²) < 4.78 is 8.85. The van der Waals surface area contributed by atoms with Crippen LogP contribution in [0.25, 0.3) is 93.2 Å². The highest BCUT2D eigenvalue weighted by atomic mass is 16.3. The van der Waals surface area contributed by atoms with Gasteiger partial charge in [-0.2, -0.15) is 0 Å². The van der Waals surface area contributed by atoms with Crippen LogP contribution in [0.3, 0.4) is 0 Å². The number of para-hydroxylation sites is 2. The summed E-state index contributed by atoms with van der Waals surface area (Å²) in [5.74, 6) is 0. The summed E-state index contributed by atoms with van der Waals surface area (Å²) >= 11 is 0. The third-order valence-corrected chi connectivity index (χ3v) is 9.56. The number of rotatable bonds is 3. The molecule has 2 heterocycles. The third kappa shape index (κ3) is 3.59. The number of nitrogens with zero attached hydrogens (tertiary/aromatic N) is 1. The molecule has 0 N–H and O–H groups in total. The van der Waals surface area contributed by atoms with Gasteiger partial charge in [0.15, 0.2) is 0 Å². The van der Waals surface area contributed by atoms with Crippen LogP contribution in [0, 0.1) is 0 Å². The minimum atomic E-state index is 0.916. The molecule has 0 bridgehead atoms. The van der Waals surface area contributed by atoms with Gasteiger partial charge in [-0.3, -0.25) is 0 Å². The van der Waals surface area contributed by atoms with Crippen molar-refractivity contribution in [2.75, 3.05) is 0 Å².